The van der Waals surface area contributed by atoms with Crippen molar-refractivity contribution in [1.29, 1.82) is 5.26 Å². The Morgan fingerprint density at radius 2 is 2.06 bits per heavy atom. The summed E-state index contributed by atoms with van der Waals surface area (Å²) in [5.41, 5.74) is -0.125. The highest BCUT2D eigenvalue weighted by atomic mass is 19.1. The summed E-state index contributed by atoms with van der Waals surface area (Å²) in [6.45, 7) is 0. The van der Waals surface area contributed by atoms with Crippen LogP contribution in [-0.4, -0.2) is 18.9 Å². The SMILES string of the molecule is COC(=O)C(=O)C(C#N)c1ccccc1F. The van der Waals surface area contributed by atoms with Crippen molar-refractivity contribution in [2.75, 3.05) is 7.11 Å². The first-order chi connectivity index (χ1) is 7.61. The quantitative estimate of drug-likeness (QED) is 0.567. The van der Waals surface area contributed by atoms with Gasteiger partial charge in [-0.1, -0.05) is 18.2 Å². The molecule has 0 heterocycles. The minimum Gasteiger partial charge on any atom is -0.463 e. The molecule has 0 radical (unpaired) electrons. The van der Waals surface area contributed by atoms with Crippen LogP contribution >= 0.6 is 0 Å². The molecule has 0 aliphatic heterocycles. The number of halogens is 1. The van der Waals surface area contributed by atoms with Crippen molar-refractivity contribution in [1.82, 2.24) is 0 Å². The fourth-order valence-electron chi connectivity index (χ4n) is 1.20. The zero-order valence-electron chi connectivity index (χ0n) is 8.44. The standard InChI is InChI=1S/C11H8FNO3/c1-16-11(15)10(14)8(6-13)7-4-2-3-5-9(7)12/h2-5,8H,1H3. The number of rotatable bonds is 3. The molecule has 1 rings (SSSR count). The van der Waals surface area contributed by atoms with E-state index in [1.165, 1.54) is 18.2 Å². The Morgan fingerprint density at radius 3 is 2.56 bits per heavy atom. The van der Waals surface area contributed by atoms with Crippen LogP contribution in [0.5, 0.6) is 0 Å². The molecule has 0 amide bonds. The molecule has 0 spiro atoms. The largest absolute Gasteiger partial charge is 0.463 e. The number of carbonyl (C=O) groups is 2. The number of carbonyl (C=O) groups excluding carboxylic acids is 2. The third kappa shape index (κ3) is 2.23. The number of hydrogen-bond acceptors (Lipinski definition) is 4. The van der Waals surface area contributed by atoms with Crippen LogP contribution in [0.1, 0.15) is 11.5 Å². The fourth-order valence-corrected chi connectivity index (χ4v) is 1.20. The van der Waals surface area contributed by atoms with Gasteiger partial charge in [-0.3, -0.25) is 4.79 Å². The molecule has 0 saturated heterocycles. The first kappa shape index (κ1) is 11.9. The minimum atomic E-state index is -1.46. The Kier molecular flexibility index (Phi) is 3.72. The lowest BCUT2D eigenvalue weighted by Gasteiger charge is -2.07. The van der Waals surface area contributed by atoms with E-state index in [0.717, 1.165) is 13.2 Å². The molecule has 5 heteroatoms. The number of esters is 1. The maximum Gasteiger partial charge on any atom is 0.376 e. The predicted molar refractivity (Wildman–Crippen MR) is 51.8 cm³/mol. The Hall–Kier alpha value is -2.22. The molecule has 82 valence electrons. The van der Waals surface area contributed by atoms with Crippen LogP contribution < -0.4 is 0 Å². The third-order valence-electron chi connectivity index (χ3n) is 1.99. The highest BCUT2D eigenvalue weighted by Gasteiger charge is 2.29. The molecule has 0 aromatic heterocycles. The second-order valence-corrected chi connectivity index (χ2v) is 2.94. The number of ether oxygens (including phenoxy) is 1. The van der Waals surface area contributed by atoms with Crippen LogP contribution in [0, 0.1) is 17.1 Å². The molecule has 0 fully saturated rings. The van der Waals surface area contributed by atoms with E-state index in [-0.39, 0.29) is 5.56 Å². The molecular weight excluding hydrogens is 213 g/mol. The van der Waals surface area contributed by atoms with Gasteiger partial charge in [0.1, 0.15) is 11.7 Å². The normalized spacial score (nSPS) is 11.3. The van der Waals surface area contributed by atoms with E-state index < -0.39 is 23.5 Å². The monoisotopic (exact) mass is 221 g/mol. The molecule has 1 unspecified atom stereocenters. The summed E-state index contributed by atoms with van der Waals surface area (Å²) in [4.78, 5) is 22.3. The molecule has 0 bridgehead atoms. The van der Waals surface area contributed by atoms with Gasteiger partial charge in [0.2, 0.25) is 0 Å². The summed E-state index contributed by atoms with van der Waals surface area (Å²) in [6.07, 6.45) is 0. The highest BCUT2D eigenvalue weighted by Crippen LogP contribution is 2.19. The second kappa shape index (κ2) is 5.03. The van der Waals surface area contributed by atoms with Crippen molar-refractivity contribution < 1.29 is 18.7 Å². The second-order valence-electron chi connectivity index (χ2n) is 2.94. The molecule has 1 atom stereocenters. The van der Waals surface area contributed by atoms with Gasteiger partial charge in [-0.25, -0.2) is 9.18 Å². The molecule has 0 aliphatic rings. The molecule has 0 N–H and O–H groups in total. The topological polar surface area (TPSA) is 67.2 Å². The smallest absolute Gasteiger partial charge is 0.376 e. The van der Waals surface area contributed by atoms with Crippen LogP contribution in [0.2, 0.25) is 0 Å². The van der Waals surface area contributed by atoms with Gasteiger partial charge in [0.05, 0.1) is 13.2 Å². The molecular formula is C11H8FNO3. The molecule has 1 aromatic rings. The molecule has 4 nitrogen and oxygen atoms in total. The van der Waals surface area contributed by atoms with Crippen molar-refractivity contribution in [2.45, 2.75) is 5.92 Å². The summed E-state index contributed by atoms with van der Waals surface area (Å²) in [5.74, 6) is -4.40. The zero-order chi connectivity index (χ0) is 12.1. The molecule has 0 aliphatic carbocycles. The van der Waals surface area contributed by atoms with Gasteiger partial charge in [0.15, 0.2) is 0 Å². The Balaban J connectivity index is 3.10. The third-order valence-corrected chi connectivity index (χ3v) is 1.99. The average molecular weight is 221 g/mol. The lowest BCUT2D eigenvalue weighted by Crippen LogP contribution is -2.23. The van der Waals surface area contributed by atoms with Crippen LogP contribution in [0.3, 0.4) is 0 Å². The van der Waals surface area contributed by atoms with Gasteiger partial charge < -0.3 is 4.74 Å². The van der Waals surface area contributed by atoms with Crippen molar-refractivity contribution in [3.63, 3.8) is 0 Å². The summed E-state index contributed by atoms with van der Waals surface area (Å²) < 4.78 is 17.5. The van der Waals surface area contributed by atoms with E-state index in [1.54, 1.807) is 6.07 Å². The van der Waals surface area contributed by atoms with E-state index >= 15 is 0 Å². The van der Waals surface area contributed by atoms with Gasteiger partial charge in [-0.15, -0.1) is 0 Å². The van der Waals surface area contributed by atoms with E-state index in [4.69, 9.17) is 5.26 Å². The predicted octanol–water partition coefficient (Wildman–Crippen LogP) is 1.17. The fraction of sp³-hybridized carbons (Fsp3) is 0.182. The zero-order valence-corrected chi connectivity index (χ0v) is 8.44. The van der Waals surface area contributed by atoms with Crippen LogP contribution in [0.4, 0.5) is 4.39 Å². The van der Waals surface area contributed by atoms with E-state index in [0.29, 0.717) is 0 Å². The lowest BCUT2D eigenvalue weighted by molar-refractivity contribution is -0.151. The number of hydrogen-bond donors (Lipinski definition) is 0. The molecule has 0 saturated carbocycles. The number of benzene rings is 1. The van der Waals surface area contributed by atoms with Gasteiger partial charge in [-0.05, 0) is 6.07 Å². The number of nitriles is 1. The maximum absolute atomic E-state index is 13.3. The minimum absolute atomic E-state index is 0.125. The van der Waals surface area contributed by atoms with Crippen molar-refractivity contribution >= 4 is 11.8 Å². The van der Waals surface area contributed by atoms with Crippen molar-refractivity contribution in [2.24, 2.45) is 0 Å². The van der Waals surface area contributed by atoms with E-state index in [2.05, 4.69) is 4.74 Å². The van der Waals surface area contributed by atoms with Crippen molar-refractivity contribution in [3.8, 4) is 6.07 Å². The first-order valence-electron chi connectivity index (χ1n) is 4.38. The Labute approximate surface area is 91.3 Å². The number of Topliss-reactive ketones (excluding diaryl/α,β-unsaturated/α-hetero) is 1. The number of methoxy groups -OCH3 is 1. The van der Waals surface area contributed by atoms with Gasteiger partial charge in [0, 0.05) is 5.56 Å². The summed E-state index contributed by atoms with van der Waals surface area (Å²) >= 11 is 0. The maximum atomic E-state index is 13.3. The summed E-state index contributed by atoms with van der Waals surface area (Å²) in [6, 6.07) is 6.89. The number of nitrogens with zero attached hydrogens (tertiary/aromatic N) is 1. The van der Waals surface area contributed by atoms with Crippen LogP contribution in [-0.2, 0) is 14.3 Å². The Bertz CT molecular complexity index is 465. The number of ketones is 1. The van der Waals surface area contributed by atoms with Gasteiger partial charge >= 0.3 is 5.97 Å². The average Bonchev–Trinajstić information content (AvgIpc) is 2.31. The molecule has 1 aromatic carbocycles. The van der Waals surface area contributed by atoms with E-state index in [1.807, 2.05) is 0 Å². The van der Waals surface area contributed by atoms with Gasteiger partial charge in [0.25, 0.3) is 5.78 Å². The van der Waals surface area contributed by atoms with Gasteiger partial charge in [-0.2, -0.15) is 5.26 Å². The Morgan fingerprint density at radius 1 is 1.44 bits per heavy atom. The van der Waals surface area contributed by atoms with Crippen LogP contribution in [0.15, 0.2) is 24.3 Å². The lowest BCUT2D eigenvalue weighted by atomic mass is 9.96. The first-order valence-corrected chi connectivity index (χ1v) is 4.38. The summed E-state index contributed by atoms with van der Waals surface area (Å²) in [7, 11) is 1.02. The van der Waals surface area contributed by atoms with E-state index in [9.17, 15) is 14.0 Å². The van der Waals surface area contributed by atoms with Crippen LogP contribution in [0.25, 0.3) is 0 Å². The van der Waals surface area contributed by atoms with Crippen molar-refractivity contribution in [3.05, 3.63) is 35.6 Å². The molecule has 16 heavy (non-hydrogen) atoms. The highest BCUT2D eigenvalue weighted by molar-refractivity contribution is 6.36. The summed E-state index contributed by atoms with van der Waals surface area (Å²) in [5, 5.41) is 8.77.